The Morgan fingerprint density at radius 1 is 1.34 bits per heavy atom. The van der Waals surface area contributed by atoms with Gasteiger partial charge in [-0.25, -0.2) is 0 Å². The third kappa shape index (κ3) is 6.63. The second kappa shape index (κ2) is 11.0. The van der Waals surface area contributed by atoms with Gasteiger partial charge >= 0.3 is 0 Å². The average molecular weight is 511 g/mol. The van der Waals surface area contributed by atoms with E-state index in [0.29, 0.717) is 33.2 Å². The minimum absolute atomic E-state index is 0.0341. The van der Waals surface area contributed by atoms with Crippen LogP contribution in [0.3, 0.4) is 0 Å². The summed E-state index contributed by atoms with van der Waals surface area (Å²) in [7, 11) is 0. The van der Waals surface area contributed by atoms with Gasteiger partial charge in [0, 0.05) is 6.04 Å². The van der Waals surface area contributed by atoms with E-state index in [1.54, 1.807) is 12.1 Å². The molecule has 0 unspecified atom stereocenters. The highest BCUT2D eigenvalue weighted by atomic mass is 127. The summed E-state index contributed by atoms with van der Waals surface area (Å²) in [4.78, 5) is 23.7. The van der Waals surface area contributed by atoms with Gasteiger partial charge in [-0.1, -0.05) is 19.8 Å². The molecule has 29 heavy (non-hydrogen) atoms. The predicted octanol–water partition coefficient (Wildman–Crippen LogP) is 3.16. The molecule has 1 aliphatic rings. The fourth-order valence-corrected chi connectivity index (χ4v) is 4.09. The van der Waals surface area contributed by atoms with Gasteiger partial charge in [-0.05, 0) is 72.0 Å². The van der Waals surface area contributed by atoms with Crippen LogP contribution in [0, 0.1) is 20.8 Å². The van der Waals surface area contributed by atoms with Crippen LogP contribution < -0.4 is 20.5 Å². The van der Waals surface area contributed by atoms with Crippen molar-refractivity contribution in [2.24, 2.45) is 11.7 Å². The van der Waals surface area contributed by atoms with Gasteiger partial charge in [-0.15, -0.1) is 0 Å². The van der Waals surface area contributed by atoms with Crippen LogP contribution >= 0.6 is 22.6 Å². The number of hydrogen-bond acceptors (Lipinski definition) is 5. The minimum atomic E-state index is -0.590. The molecule has 0 heterocycles. The summed E-state index contributed by atoms with van der Waals surface area (Å²) in [5.41, 5.74) is 5.82. The number of carbonyl (C=O) groups excluding carboxylic acids is 2. The van der Waals surface area contributed by atoms with E-state index in [4.69, 9.17) is 15.2 Å². The Morgan fingerprint density at radius 3 is 2.69 bits per heavy atom. The highest BCUT2D eigenvalue weighted by molar-refractivity contribution is 14.1. The van der Waals surface area contributed by atoms with Crippen LogP contribution in [0.1, 0.15) is 45.1 Å². The van der Waals surface area contributed by atoms with E-state index in [2.05, 4.69) is 34.8 Å². The number of hydrogen-bond donors (Lipinski definition) is 2. The van der Waals surface area contributed by atoms with Gasteiger partial charge in [-0.2, -0.15) is 5.26 Å². The first-order valence-corrected chi connectivity index (χ1v) is 10.7. The lowest BCUT2D eigenvalue weighted by Gasteiger charge is -2.29. The number of rotatable bonds is 8. The molecule has 0 radical (unpaired) electrons. The van der Waals surface area contributed by atoms with Gasteiger partial charge in [0.15, 0.2) is 18.1 Å². The Hall–Kier alpha value is -2.28. The zero-order chi connectivity index (χ0) is 21.4. The van der Waals surface area contributed by atoms with Gasteiger partial charge in [-0.3, -0.25) is 9.59 Å². The maximum atomic E-state index is 12.6. The van der Waals surface area contributed by atoms with E-state index in [1.807, 2.05) is 13.0 Å². The smallest absolute Gasteiger partial charge is 0.262 e. The fourth-order valence-electron chi connectivity index (χ4n) is 3.31. The van der Waals surface area contributed by atoms with Crippen LogP contribution in [-0.4, -0.2) is 31.1 Å². The van der Waals surface area contributed by atoms with E-state index in [1.165, 1.54) is 12.5 Å². The monoisotopic (exact) mass is 511 g/mol. The maximum Gasteiger partial charge on any atom is 0.262 e. The van der Waals surface area contributed by atoms with E-state index in [-0.39, 0.29) is 24.1 Å². The Balaban J connectivity index is 2.26. The molecular formula is C21H26IN3O4. The molecule has 8 heteroatoms. The van der Waals surface area contributed by atoms with Crippen molar-refractivity contribution < 1.29 is 19.1 Å². The summed E-state index contributed by atoms with van der Waals surface area (Å²) in [6, 6.07) is 5.52. The first-order chi connectivity index (χ1) is 13.8. The van der Waals surface area contributed by atoms with E-state index < -0.39 is 5.91 Å². The largest absolute Gasteiger partial charge is 0.490 e. The summed E-state index contributed by atoms with van der Waals surface area (Å²) >= 11 is 2.05. The number of benzene rings is 1. The molecule has 2 atom stereocenters. The molecule has 3 N–H and O–H groups in total. The van der Waals surface area contributed by atoms with Crippen LogP contribution in [0.2, 0.25) is 0 Å². The van der Waals surface area contributed by atoms with Crippen molar-refractivity contribution in [3.8, 4) is 17.6 Å². The summed E-state index contributed by atoms with van der Waals surface area (Å²) in [6.07, 6.45) is 5.81. The fraction of sp³-hybridized carbons (Fsp3) is 0.476. The Labute approximate surface area is 184 Å². The number of nitrogens with zero attached hydrogens (tertiary/aromatic N) is 1. The molecule has 0 bridgehead atoms. The lowest BCUT2D eigenvalue weighted by molar-refractivity contribution is -0.120. The number of ether oxygens (including phenoxy) is 2. The number of nitrogens with two attached hydrogens (primary N) is 1. The van der Waals surface area contributed by atoms with Crippen LogP contribution in [0.5, 0.6) is 11.5 Å². The molecule has 0 aliphatic heterocycles. The number of nitrogens with one attached hydrogen (secondary N) is 1. The van der Waals surface area contributed by atoms with E-state index >= 15 is 0 Å². The standard InChI is InChI=1S/C21H26IN3O4/c1-3-28-18-10-14(9-16(22)20(18)29-12-19(24)26)8-15(11-23)21(27)25-17-7-5-4-6-13(17)2/h8-10,13,17H,3-7,12H2,1-2H3,(H2,24,26)(H,25,27)/b15-8+/t13-,17-/m1/s1. The first-order valence-electron chi connectivity index (χ1n) is 9.65. The normalized spacial score (nSPS) is 19.2. The maximum absolute atomic E-state index is 12.6. The van der Waals surface area contributed by atoms with Crippen LogP contribution in [0.15, 0.2) is 17.7 Å². The van der Waals surface area contributed by atoms with Gasteiger partial charge < -0.3 is 20.5 Å². The van der Waals surface area contributed by atoms with Crippen LogP contribution in [0.4, 0.5) is 0 Å². The number of nitriles is 1. The second-order valence-corrected chi connectivity index (χ2v) is 8.19. The van der Waals surface area contributed by atoms with Crippen LogP contribution in [-0.2, 0) is 9.59 Å². The Kier molecular flexibility index (Phi) is 8.76. The van der Waals surface area contributed by atoms with Crippen molar-refractivity contribution >= 4 is 40.5 Å². The van der Waals surface area contributed by atoms with E-state index in [0.717, 1.165) is 19.3 Å². The Bertz CT molecular complexity index is 832. The molecule has 1 aromatic carbocycles. The molecule has 7 nitrogen and oxygen atoms in total. The van der Waals surface area contributed by atoms with Gasteiger partial charge in [0.25, 0.3) is 11.8 Å². The molecule has 0 saturated heterocycles. The van der Waals surface area contributed by atoms with Crippen molar-refractivity contribution in [2.75, 3.05) is 13.2 Å². The van der Waals surface area contributed by atoms with Crippen LogP contribution in [0.25, 0.3) is 6.08 Å². The zero-order valence-corrected chi connectivity index (χ0v) is 18.8. The van der Waals surface area contributed by atoms with Crippen molar-refractivity contribution in [1.82, 2.24) is 5.32 Å². The average Bonchev–Trinajstić information content (AvgIpc) is 2.67. The number of halogens is 1. The molecule has 1 fully saturated rings. The molecule has 2 amide bonds. The second-order valence-electron chi connectivity index (χ2n) is 7.03. The Morgan fingerprint density at radius 2 is 2.07 bits per heavy atom. The van der Waals surface area contributed by atoms with Crippen molar-refractivity contribution in [3.05, 3.63) is 26.8 Å². The van der Waals surface area contributed by atoms with E-state index in [9.17, 15) is 14.9 Å². The summed E-state index contributed by atoms with van der Waals surface area (Å²) < 4.78 is 11.7. The summed E-state index contributed by atoms with van der Waals surface area (Å²) in [6.45, 7) is 4.08. The number of primary amides is 1. The predicted molar refractivity (Wildman–Crippen MR) is 118 cm³/mol. The number of amides is 2. The summed E-state index contributed by atoms with van der Waals surface area (Å²) in [5.74, 6) is 0.272. The molecule has 156 valence electrons. The van der Waals surface area contributed by atoms with Gasteiger partial charge in [0.2, 0.25) is 0 Å². The van der Waals surface area contributed by atoms with Crippen molar-refractivity contribution in [3.63, 3.8) is 0 Å². The molecule has 2 rings (SSSR count). The van der Waals surface area contributed by atoms with Gasteiger partial charge in [0.1, 0.15) is 11.6 Å². The molecular weight excluding hydrogens is 485 g/mol. The highest BCUT2D eigenvalue weighted by Crippen LogP contribution is 2.35. The third-order valence-corrected chi connectivity index (χ3v) is 5.60. The quantitative estimate of drug-likeness (QED) is 0.316. The minimum Gasteiger partial charge on any atom is -0.490 e. The topological polar surface area (TPSA) is 114 Å². The lowest BCUT2D eigenvalue weighted by Crippen LogP contribution is -2.41. The molecule has 0 aromatic heterocycles. The highest BCUT2D eigenvalue weighted by Gasteiger charge is 2.24. The molecule has 1 aromatic rings. The lowest BCUT2D eigenvalue weighted by atomic mass is 9.86. The third-order valence-electron chi connectivity index (χ3n) is 4.79. The summed E-state index contributed by atoms with van der Waals surface area (Å²) in [5, 5.41) is 12.5. The van der Waals surface area contributed by atoms with Crippen molar-refractivity contribution in [2.45, 2.75) is 45.6 Å². The first kappa shape index (κ1) is 23.0. The SMILES string of the molecule is CCOc1cc(/C=C(\C#N)C(=O)N[C@@H]2CCCC[C@H]2C)cc(I)c1OCC(N)=O. The van der Waals surface area contributed by atoms with Gasteiger partial charge in [0.05, 0.1) is 10.2 Å². The zero-order valence-electron chi connectivity index (χ0n) is 16.7. The van der Waals surface area contributed by atoms with Crippen molar-refractivity contribution in [1.29, 1.82) is 5.26 Å². The molecule has 1 saturated carbocycles. The molecule has 1 aliphatic carbocycles. The molecule has 0 spiro atoms. The number of carbonyl (C=O) groups is 2.